The highest BCUT2D eigenvalue weighted by Gasteiger charge is 2.31. The molecule has 25 heavy (non-hydrogen) atoms. The quantitative estimate of drug-likeness (QED) is 0.475. The highest BCUT2D eigenvalue weighted by molar-refractivity contribution is 7.85. The molecule has 1 atom stereocenters. The second-order valence-electron chi connectivity index (χ2n) is 5.38. The third-order valence-corrected chi connectivity index (χ3v) is 4.81. The number of hydrogen-bond donors (Lipinski definition) is 0. The number of nitrogens with zero attached hydrogens (tertiary/aromatic N) is 1. The van der Waals surface area contributed by atoms with Crippen LogP contribution in [0.25, 0.3) is 0 Å². The van der Waals surface area contributed by atoms with Crippen LogP contribution in [0.5, 0.6) is 0 Å². The second kappa shape index (κ2) is 8.94. The minimum absolute atomic E-state index is 0.139. The van der Waals surface area contributed by atoms with Crippen molar-refractivity contribution in [3.63, 3.8) is 0 Å². The lowest BCUT2D eigenvalue weighted by Crippen LogP contribution is -2.10. The van der Waals surface area contributed by atoms with Crippen molar-refractivity contribution in [3.05, 3.63) is 65.4 Å². The zero-order chi connectivity index (χ0) is 19.2. The fraction of sp³-hybridized carbons (Fsp3) is 0.316. The lowest BCUT2D eigenvalue weighted by atomic mass is 10.1. The lowest BCUT2D eigenvalue weighted by molar-refractivity contribution is -0.0883. The molecule has 6 heteroatoms. The van der Waals surface area contributed by atoms with Gasteiger partial charge in [-0.2, -0.15) is 13.2 Å². The largest absolute Gasteiger partial charge is 0.416 e. The number of benzene rings is 1. The summed E-state index contributed by atoms with van der Waals surface area (Å²) in [6.07, 6.45) is -2.49. The highest BCUT2D eigenvalue weighted by atomic mass is 32.2. The average Bonchev–Trinajstić information content (AvgIpc) is 2.56. The average molecular weight is 369 g/mol. The minimum Gasteiger partial charge on any atom is -0.254 e. The summed E-state index contributed by atoms with van der Waals surface area (Å²) in [5, 5.41) is 0. The first-order valence-corrected chi connectivity index (χ1v) is 9.07. The van der Waals surface area contributed by atoms with Crippen molar-refractivity contribution < 1.29 is 17.4 Å². The van der Waals surface area contributed by atoms with E-state index in [1.165, 1.54) is 6.92 Å². The third kappa shape index (κ3) is 5.81. The zero-order valence-electron chi connectivity index (χ0n) is 14.8. The van der Waals surface area contributed by atoms with E-state index in [4.69, 9.17) is 0 Å². The maximum Gasteiger partial charge on any atom is 0.416 e. The van der Waals surface area contributed by atoms with Crippen molar-refractivity contribution >= 4 is 16.5 Å². The van der Waals surface area contributed by atoms with Gasteiger partial charge >= 0.3 is 6.18 Å². The summed E-state index contributed by atoms with van der Waals surface area (Å²) < 4.78 is 51.1. The molecule has 0 spiro atoms. The number of aliphatic imine (C=N–C) groups is 1. The van der Waals surface area contributed by atoms with Crippen molar-refractivity contribution in [2.24, 2.45) is 4.99 Å². The van der Waals surface area contributed by atoms with Crippen LogP contribution in [0.4, 0.5) is 13.2 Å². The van der Waals surface area contributed by atoms with Gasteiger partial charge in [0.2, 0.25) is 0 Å². The lowest BCUT2D eigenvalue weighted by Gasteiger charge is -2.11. The molecular formula is C19H22F3NOS. The van der Waals surface area contributed by atoms with Crippen LogP contribution in [-0.4, -0.2) is 21.8 Å². The van der Waals surface area contributed by atoms with Crippen LogP contribution in [0.3, 0.4) is 0 Å². The molecule has 0 N–H and O–H groups in total. The van der Waals surface area contributed by atoms with Gasteiger partial charge < -0.3 is 0 Å². The topological polar surface area (TPSA) is 29.4 Å². The SMILES string of the molecule is C=C(C)/C(=C\C(=CC)C(F)(F)F)N=C(C)c1ccccc1S(=O)CC. The van der Waals surface area contributed by atoms with E-state index in [9.17, 15) is 17.4 Å². The molecule has 1 aromatic rings. The number of allylic oxidation sites excluding steroid dienone is 4. The van der Waals surface area contributed by atoms with E-state index >= 15 is 0 Å². The van der Waals surface area contributed by atoms with E-state index in [2.05, 4.69) is 11.6 Å². The summed E-state index contributed by atoms with van der Waals surface area (Å²) in [4.78, 5) is 4.95. The molecule has 0 amide bonds. The first kappa shape index (κ1) is 21.1. The van der Waals surface area contributed by atoms with Crippen LogP contribution in [0.2, 0.25) is 0 Å². The van der Waals surface area contributed by atoms with Gasteiger partial charge in [0, 0.05) is 21.9 Å². The van der Waals surface area contributed by atoms with Crippen LogP contribution < -0.4 is 0 Å². The first-order valence-electron chi connectivity index (χ1n) is 7.76. The van der Waals surface area contributed by atoms with Gasteiger partial charge in [0.25, 0.3) is 0 Å². The molecule has 0 aromatic heterocycles. The van der Waals surface area contributed by atoms with Crippen LogP contribution in [0, 0.1) is 0 Å². The fourth-order valence-corrected chi connectivity index (χ4v) is 3.09. The Morgan fingerprint density at radius 2 is 1.88 bits per heavy atom. The van der Waals surface area contributed by atoms with Gasteiger partial charge in [-0.05, 0) is 38.5 Å². The van der Waals surface area contributed by atoms with Gasteiger partial charge in [-0.15, -0.1) is 0 Å². The van der Waals surface area contributed by atoms with Crippen LogP contribution >= 0.6 is 0 Å². The standard InChI is InChI=1S/C19H22F3NOS/c1-6-15(19(20,21)22)12-17(13(3)4)23-14(5)16-10-8-9-11-18(16)25(24)7-2/h6,8-12H,3,7H2,1-2,4-5H3/b15-6?,17-12+,23-14?. The van der Waals surface area contributed by atoms with Gasteiger partial charge in [0.05, 0.1) is 22.1 Å². The Labute approximate surface area is 149 Å². The molecule has 1 unspecified atom stereocenters. The van der Waals surface area contributed by atoms with E-state index in [0.717, 1.165) is 12.2 Å². The molecule has 136 valence electrons. The molecule has 0 radical (unpaired) electrons. The normalized spacial score (nSPS) is 15.2. The molecule has 1 aromatic carbocycles. The number of alkyl halides is 3. The number of halogens is 3. The number of rotatable bonds is 6. The monoisotopic (exact) mass is 369 g/mol. The first-order chi connectivity index (χ1) is 11.6. The summed E-state index contributed by atoms with van der Waals surface area (Å²) in [6, 6.07) is 7.06. The minimum atomic E-state index is -4.46. The molecule has 2 nitrogen and oxygen atoms in total. The van der Waals surface area contributed by atoms with Crippen LogP contribution in [-0.2, 0) is 10.8 Å². The molecule has 0 aliphatic rings. The zero-order valence-corrected chi connectivity index (χ0v) is 15.6. The smallest absolute Gasteiger partial charge is 0.254 e. The van der Waals surface area contributed by atoms with Crippen LogP contribution in [0.1, 0.15) is 33.3 Å². The van der Waals surface area contributed by atoms with Gasteiger partial charge in [-0.1, -0.05) is 37.8 Å². The van der Waals surface area contributed by atoms with Crippen molar-refractivity contribution in [1.82, 2.24) is 0 Å². The molecule has 0 aliphatic heterocycles. The Balaban J connectivity index is 3.43. The third-order valence-electron chi connectivity index (χ3n) is 3.44. The number of hydrogen-bond acceptors (Lipinski definition) is 2. The van der Waals surface area contributed by atoms with E-state index in [0.29, 0.717) is 27.5 Å². The molecule has 0 aliphatic carbocycles. The summed E-state index contributed by atoms with van der Waals surface area (Å²) in [5.41, 5.74) is 0.915. The fourth-order valence-electron chi connectivity index (χ4n) is 2.09. The van der Waals surface area contributed by atoms with Gasteiger partial charge in [0.1, 0.15) is 0 Å². The predicted octanol–water partition coefficient (Wildman–Crippen LogP) is 5.59. The molecule has 0 saturated heterocycles. The molecule has 0 bridgehead atoms. The van der Waals surface area contributed by atoms with Gasteiger partial charge in [-0.3, -0.25) is 9.20 Å². The molecule has 1 rings (SSSR count). The van der Waals surface area contributed by atoms with Crippen LogP contribution in [0.15, 0.2) is 69.7 Å². The Kier molecular flexibility index (Phi) is 7.55. The maximum absolute atomic E-state index is 13.0. The van der Waals surface area contributed by atoms with E-state index in [-0.39, 0.29) is 5.70 Å². The maximum atomic E-state index is 13.0. The summed E-state index contributed by atoms with van der Waals surface area (Å²) in [6.45, 7) is 10.1. The van der Waals surface area contributed by atoms with Crippen molar-refractivity contribution in [2.75, 3.05) is 5.75 Å². The van der Waals surface area contributed by atoms with E-state index < -0.39 is 22.5 Å². The highest BCUT2D eigenvalue weighted by Crippen LogP contribution is 2.29. The molecule has 0 fully saturated rings. The second-order valence-corrected chi connectivity index (χ2v) is 7.09. The van der Waals surface area contributed by atoms with Gasteiger partial charge in [-0.25, -0.2) is 0 Å². The van der Waals surface area contributed by atoms with E-state index in [1.54, 1.807) is 45.0 Å². The van der Waals surface area contributed by atoms with Gasteiger partial charge in [0.15, 0.2) is 0 Å². The van der Waals surface area contributed by atoms with Crippen molar-refractivity contribution in [3.8, 4) is 0 Å². The Morgan fingerprint density at radius 1 is 1.28 bits per heavy atom. The Morgan fingerprint density at radius 3 is 2.36 bits per heavy atom. The Bertz CT molecular complexity index is 758. The van der Waals surface area contributed by atoms with Crippen molar-refractivity contribution in [2.45, 2.75) is 38.8 Å². The van der Waals surface area contributed by atoms with Crippen molar-refractivity contribution in [1.29, 1.82) is 0 Å². The molecule has 0 saturated carbocycles. The summed E-state index contributed by atoms with van der Waals surface area (Å²) in [5.74, 6) is 0.449. The predicted molar refractivity (Wildman–Crippen MR) is 98.3 cm³/mol. The molecule has 0 heterocycles. The summed E-state index contributed by atoms with van der Waals surface area (Å²) in [7, 11) is -1.19. The summed E-state index contributed by atoms with van der Waals surface area (Å²) >= 11 is 0. The van der Waals surface area contributed by atoms with E-state index in [1.807, 2.05) is 0 Å². The Hall–Kier alpha value is -1.95. The molecular weight excluding hydrogens is 347 g/mol.